The predicted octanol–water partition coefficient (Wildman–Crippen LogP) is 7.53. The number of halogens is 1. The first-order chi connectivity index (χ1) is 17.1. The molecule has 0 amide bonds. The predicted molar refractivity (Wildman–Crippen MR) is 136 cm³/mol. The SMILES string of the molecule is [C-]#[N+]c1ccc(-n2c(-c3cc4oc(-c5ccccc5)c(F)c4cc3C)[n+](C)c3ccccc32)cc1. The van der Waals surface area contributed by atoms with Gasteiger partial charge in [0.1, 0.15) is 11.3 Å². The molecule has 2 aromatic heterocycles. The Kier molecular flexibility index (Phi) is 4.75. The molecule has 0 aliphatic carbocycles. The molecular weight excluding hydrogens is 437 g/mol. The number of nitrogens with zero attached hydrogens (tertiary/aromatic N) is 3. The fourth-order valence-electron chi connectivity index (χ4n) is 4.79. The first-order valence-electron chi connectivity index (χ1n) is 11.3. The molecule has 0 aliphatic heterocycles. The second-order valence-corrected chi connectivity index (χ2v) is 8.61. The van der Waals surface area contributed by atoms with Crippen LogP contribution in [-0.2, 0) is 7.05 Å². The van der Waals surface area contributed by atoms with Crippen molar-refractivity contribution in [3.63, 3.8) is 0 Å². The Hall–Kier alpha value is -4.69. The molecule has 0 spiro atoms. The van der Waals surface area contributed by atoms with Crippen molar-refractivity contribution >= 4 is 27.7 Å². The van der Waals surface area contributed by atoms with Gasteiger partial charge in [0.25, 0.3) is 5.82 Å². The van der Waals surface area contributed by atoms with Crippen molar-refractivity contribution in [3.8, 4) is 28.4 Å². The summed E-state index contributed by atoms with van der Waals surface area (Å²) in [5, 5.41) is 0.469. The van der Waals surface area contributed by atoms with E-state index in [0.29, 0.717) is 22.2 Å². The van der Waals surface area contributed by atoms with Gasteiger partial charge in [0.05, 0.1) is 24.6 Å². The number of para-hydroxylation sites is 2. The molecule has 4 nitrogen and oxygen atoms in total. The second kappa shape index (κ2) is 7.96. The Morgan fingerprint density at radius 1 is 0.914 bits per heavy atom. The van der Waals surface area contributed by atoms with E-state index in [1.807, 2.05) is 92.8 Å². The summed E-state index contributed by atoms with van der Waals surface area (Å²) in [6, 6.07) is 28.9. The zero-order chi connectivity index (χ0) is 24.1. The molecule has 6 aromatic rings. The molecule has 0 bridgehead atoms. The average Bonchev–Trinajstić information content (AvgIpc) is 3.38. The lowest BCUT2D eigenvalue weighted by Gasteiger charge is -2.07. The smallest absolute Gasteiger partial charge is 0.295 e. The number of hydrogen-bond donors (Lipinski definition) is 0. The number of furan rings is 1. The van der Waals surface area contributed by atoms with Gasteiger partial charge < -0.3 is 4.42 Å². The molecule has 5 heteroatoms. The number of aromatic nitrogens is 2. The van der Waals surface area contributed by atoms with Gasteiger partial charge in [-0.25, -0.2) is 13.8 Å². The molecule has 35 heavy (non-hydrogen) atoms. The number of aryl methyl sites for hydroxylation is 2. The van der Waals surface area contributed by atoms with Gasteiger partial charge in [0.15, 0.2) is 28.3 Å². The maximum absolute atomic E-state index is 15.4. The highest BCUT2D eigenvalue weighted by atomic mass is 19.1. The van der Waals surface area contributed by atoms with Gasteiger partial charge in [-0.15, -0.1) is 0 Å². The number of hydrogen-bond acceptors (Lipinski definition) is 1. The maximum atomic E-state index is 15.4. The van der Waals surface area contributed by atoms with Crippen LogP contribution in [0, 0.1) is 19.3 Å². The zero-order valence-corrected chi connectivity index (χ0v) is 19.3. The van der Waals surface area contributed by atoms with Gasteiger partial charge in [0, 0.05) is 5.56 Å². The highest BCUT2D eigenvalue weighted by Crippen LogP contribution is 2.37. The fourth-order valence-corrected chi connectivity index (χ4v) is 4.79. The molecule has 0 N–H and O–H groups in total. The molecule has 0 radical (unpaired) electrons. The third-order valence-electron chi connectivity index (χ3n) is 6.50. The third-order valence-corrected chi connectivity index (χ3v) is 6.50. The first kappa shape index (κ1) is 20.9. The van der Waals surface area contributed by atoms with Crippen LogP contribution in [0.25, 0.3) is 55.2 Å². The van der Waals surface area contributed by atoms with E-state index in [4.69, 9.17) is 11.0 Å². The van der Waals surface area contributed by atoms with Crippen molar-refractivity contribution in [3.05, 3.63) is 114 Å². The van der Waals surface area contributed by atoms with Crippen molar-refractivity contribution in [2.75, 3.05) is 0 Å². The molecular formula is C30H21FN3O+. The van der Waals surface area contributed by atoms with Gasteiger partial charge in [-0.2, -0.15) is 4.57 Å². The van der Waals surface area contributed by atoms with Crippen LogP contribution in [0.5, 0.6) is 0 Å². The van der Waals surface area contributed by atoms with E-state index in [1.54, 1.807) is 0 Å². The average molecular weight is 459 g/mol. The van der Waals surface area contributed by atoms with Crippen LogP contribution in [0.15, 0.2) is 95.4 Å². The fraction of sp³-hybridized carbons (Fsp3) is 0.0667. The van der Waals surface area contributed by atoms with Crippen LogP contribution < -0.4 is 4.57 Å². The largest absolute Gasteiger partial charge is 0.453 e. The summed E-state index contributed by atoms with van der Waals surface area (Å²) in [4.78, 5) is 3.52. The third kappa shape index (κ3) is 3.23. The zero-order valence-electron chi connectivity index (χ0n) is 19.3. The minimum atomic E-state index is -0.347. The summed E-state index contributed by atoms with van der Waals surface area (Å²) in [7, 11) is 2.03. The lowest BCUT2D eigenvalue weighted by Crippen LogP contribution is -2.30. The van der Waals surface area contributed by atoms with Crippen molar-refractivity contribution in [1.29, 1.82) is 0 Å². The topological polar surface area (TPSA) is 26.3 Å². The van der Waals surface area contributed by atoms with Gasteiger partial charge in [-0.3, -0.25) is 0 Å². The standard InChI is InChI=1S/C30H21FN3O/c1-19-17-24-27(35-29(28(24)31)20-9-5-4-6-10-20)18-23(19)30-33(3)25-11-7-8-12-26(25)34(30)22-15-13-21(32-2)14-16-22/h4-18H,1,3H3/q+1. The summed E-state index contributed by atoms with van der Waals surface area (Å²) in [5.41, 5.74) is 6.73. The number of benzene rings is 4. The second-order valence-electron chi connectivity index (χ2n) is 8.61. The van der Waals surface area contributed by atoms with E-state index in [9.17, 15) is 0 Å². The minimum Gasteiger partial charge on any atom is -0.453 e. The van der Waals surface area contributed by atoms with Gasteiger partial charge in [-0.1, -0.05) is 54.6 Å². The monoisotopic (exact) mass is 458 g/mol. The molecule has 0 saturated carbocycles. The van der Waals surface area contributed by atoms with Crippen LogP contribution in [0.4, 0.5) is 10.1 Å². The normalized spacial score (nSPS) is 11.3. The van der Waals surface area contributed by atoms with E-state index in [1.165, 1.54) is 0 Å². The summed E-state index contributed by atoms with van der Waals surface area (Å²) >= 11 is 0. The van der Waals surface area contributed by atoms with Crippen molar-refractivity contribution in [1.82, 2.24) is 4.57 Å². The van der Waals surface area contributed by atoms with Crippen LogP contribution >= 0.6 is 0 Å². The Bertz CT molecular complexity index is 1770. The molecule has 0 saturated heterocycles. The van der Waals surface area contributed by atoms with Crippen LogP contribution in [0.2, 0.25) is 0 Å². The van der Waals surface area contributed by atoms with Gasteiger partial charge >= 0.3 is 0 Å². The number of fused-ring (bicyclic) bond motifs is 2. The highest BCUT2D eigenvalue weighted by Gasteiger charge is 2.28. The van der Waals surface area contributed by atoms with E-state index >= 15 is 4.39 Å². The summed E-state index contributed by atoms with van der Waals surface area (Å²) in [5.74, 6) is 0.844. The first-order valence-corrected chi connectivity index (χ1v) is 11.3. The summed E-state index contributed by atoms with van der Waals surface area (Å²) in [6.45, 7) is 9.28. The van der Waals surface area contributed by atoms with Crippen molar-refractivity contribution in [2.24, 2.45) is 7.05 Å². The van der Waals surface area contributed by atoms with Gasteiger partial charge in [0.2, 0.25) is 0 Å². The van der Waals surface area contributed by atoms with Crippen LogP contribution in [0.3, 0.4) is 0 Å². The lowest BCUT2D eigenvalue weighted by atomic mass is 10.0. The van der Waals surface area contributed by atoms with Crippen LogP contribution in [-0.4, -0.2) is 4.57 Å². The Balaban J connectivity index is 1.64. The van der Waals surface area contributed by atoms with Crippen molar-refractivity contribution in [2.45, 2.75) is 6.92 Å². The Morgan fingerprint density at radius 3 is 2.37 bits per heavy atom. The quantitative estimate of drug-likeness (QED) is 0.199. The summed E-state index contributed by atoms with van der Waals surface area (Å²) < 4.78 is 25.7. The molecule has 0 fully saturated rings. The molecule has 168 valence electrons. The van der Waals surface area contributed by atoms with E-state index < -0.39 is 0 Å². The number of rotatable bonds is 3. The van der Waals surface area contributed by atoms with E-state index in [-0.39, 0.29) is 11.6 Å². The highest BCUT2D eigenvalue weighted by molar-refractivity contribution is 5.89. The molecule has 0 aliphatic rings. The van der Waals surface area contributed by atoms with E-state index in [0.717, 1.165) is 33.7 Å². The molecule has 6 rings (SSSR count). The molecule has 4 aromatic carbocycles. The molecule has 2 heterocycles. The van der Waals surface area contributed by atoms with Crippen LogP contribution in [0.1, 0.15) is 5.56 Å². The Labute approximate surface area is 201 Å². The molecule has 0 atom stereocenters. The number of imidazole rings is 1. The maximum Gasteiger partial charge on any atom is 0.295 e. The lowest BCUT2D eigenvalue weighted by molar-refractivity contribution is -0.633. The minimum absolute atomic E-state index is 0.247. The summed E-state index contributed by atoms with van der Waals surface area (Å²) in [6.07, 6.45) is 0. The Morgan fingerprint density at radius 2 is 1.63 bits per heavy atom. The van der Waals surface area contributed by atoms with Gasteiger partial charge in [-0.05, 0) is 48.9 Å². The van der Waals surface area contributed by atoms with Crippen molar-refractivity contribution < 1.29 is 13.4 Å². The van der Waals surface area contributed by atoms with E-state index in [2.05, 4.69) is 26.1 Å². The molecule has 0 unspecified atom stereocenters.